The minimum atomic E-state index is -0.278. The van der Waals surface area contributed by atoms with Crippen molar-refractivity contribution >= 4 is 22.4 Å². The van der Waals surface area contributed by atoms with Crippen LogP contribution in [0.3, 0.4) is 0 Å². The normalized spacial score (nSPS) is 10.5. The van der Waals surface area contributed by atoms with E-state index in [-0.39, 0.29) is 11.7 Å². The zero-order valence-electron chi connectivity index (χ0n) is 12.6. The van der Waals surface area contributed by atoms with Crippen molar-refractivity contribution in [3.05, 3.63) is 65.9 Å². The molecule has 0 radical (unpaired) electrons. The molecular formula is C17H15N3O2S. The summed E-state index contributed by atoms with van der Waals surface area (Å²) in [6.45, 7) is 5.83. The Morgan fingerprint density at radius 3 is 2.83 bits per heavy atom. The molecule has 2 aromatic heterocycles. The summed E-state index contributed by atoms with van der Waals surface area (Å²) in [5, 5.41) is 6.29. The Hall–Kier alpha value is -2.73. The molecule has 0 spiro atoms. The van der Waals surface area contributed by atoms with E-state index in [1.54, 1.807) is 19.1 Å². The summed E-state index contributed by atoms with van der Waals surface area (Å²) in [4.78, 5) is 18.7. The highest BCUT2D eigenvalue weighted by Crippen LogP contribution is 2.28. The Labute approximate surface area is 137 Å². The van der Waals surface area contributed by atoms with Crippen molar-refractivity contribution in [2.24, 2.45) is 0 Å². The molecule has 0 aliphatic carbocycles. The Bertz CT molecular complexity index is 823. The van der Waals surface area contributed by atoms with E-state index in [9.17, 15) is 4.79 Å². The minimum absolute atomic E-state index is 0.195. The van der Waals surface area contributed by atoms with E-state index in [4.69, 9.17) is 4.52 Å². The smallest absolute Gasteiger partial charge is 0.298 e. The molecule has 0 aliphatic rings. The van der Waals surface area contributed by atoms with Crippen molar-refractivity contribution in [3.8, 4) is 11.3 Å². The van der Waals surface area contributed by atoms with Crippen LogP contribution in [0.4, 0.5) is 5.13 Å². The predicted octanol–water partition coefficient (Wildman–Crippen LogP) is 3.94. The second kappa shape index (κ2) is 6.58. The molecule has 0 unspecified atom stereocenters. The van der Waals surface area contributed by atoms with Crippen LogP contribution in [0.1, 0.15) is 16.2 Å². The van der Waals surface area contributed by atoms with E-state index in [1.165, 1.54) is 16.2 Å². The number of nitrogens with zero attached hydrogens (tertiary/aromatic N) is 3. The topological polar surface area (TPSA) is 59.2 Å². The number of rotatable bonds is 5. The first-order chi connectivity index (χ1) is 11.2. The molecule has 0 saturated heterocycles. The fourth-order valence-electron chi connectivity index (χ4n) is 2.10. The molecule has 0 aliphatic heterocycles. The zero-order chi connectivity index (χ0) is 16.2. The van der Waals surface area contributed by atoms with Crippen molar-refractivity contribution in [3.63, 3.8) is 0 Å². The largest absolute Gasteiger partial charge is 0.351 e. The maximum atomic E-state index is 12.6. The van der Waals surface area contributed by atoms with Gasteiger partial charge in [-0.05, 0) is 6.92 Å². The van der Waals surface area contributed by atoms with Crippen LogP contribution in [0.25, 0.3) is 11.3 Å². The van der Waals surface area contributed by atoms with Crippen LogP contribution in [-0.2, 0) is 0 Å². The maximum Gasteiger partial charge on any atom is 0.298 e. The van der Waals surface area contributed by atoms with E-state index in [1.807, 2.05) is 35.7 Å². The average Bonchev–Trinajstić information content (AvgIpc) is 3.22. The van der Waals surface area contributed by atoms with Gasteiger partial charge in [0.1, 0.15) is 0 Å². The summed E-state index contributed by atoms with van der Waals surface area (Å²) < 4.78 is 5.07. The summed E-state index contributed by atoms with van der Waals surface area (Å²) in [7, 11) is 0. The molecule has 1 aromatic carbocycles. The van der Waals surface area contributed by atoms with Gasteiger partial charge in [0.05, 0.1) is 11.4 Å². The van der Waals surface area contributed by atoms with E-state index in [2.05, 4.69) is 16.7 Å². The van der Waals surface area contributed by atoms with Gasteiger partial charge in [-0.3, -0.25) is 9.69 Å². The number of hydrogen-bond donors (Lipinski definition) is 0. The van der Waals surface area contributed by atoms with Crippen LogP contribution in [0.5, 0.6) is 0 Å². The van der Waals surface area contributed by atoms with Gasteiger partial charge < -0.3 is 4.52 Å². The van der Waals surface area contributed by atoms with E-state index >= 15 is 0 Å². The molecule has 5 nitrogen and oxygen atoms in total. The lowest BCUT2D eigenvalue weighted by molar-refractivity contribution is 0.0954. The summed E-state index contributed by atoms with van der Waals surface area (Å²) in [5.41, 5.74) is 2.51. The average molecular weight is 325 g/mol. The van der Waals surface area contributed by atoms with Crippen molar-refractivity contribution in [2.45, 2.75) is 6.92 Å². The quantitative estimate of drug-likeness (QED) is 0.667. The summed E-state index contributed by atoms with van der Waals surface area (Å²) >= 11 is 1.41. The number of aryl methyl sites for hydroxylation is 1. The van der Waals surface area contributed by atoms with Gasteiger partial charge in [-0.2, -0.15) is 0 Å². The highest BCUT2D eigenvalue weighted by atomic mass is 32.1. The Kier molecular flexibility index (Phi) is 4.34. The highest BCUT2D eigenvalue weighted by Gasteiger charge is 2.23. The number of carbonyl (C=O) groups is 1. The molecule has 0 atom stereocenters. The molecule has 23 heavy (non-hydrogen) atoms. The van der Waals surface area contributed by atoms with E-state index in [0.29, 0.717) is 17.4 Å². The lowest BCUT2D eigenvalue weighted by Crippen LogP contribution is -2.30. The van der Waals surface area contributed by atoms with Gasteiger partial charge in [-0.25, -0.2) is 4.98 Å². The van der Waals surface area contributed by atoms with Gasteiger partial charge in [0.25, 0.3) is 5.91 Å². The summed E-state index contributed by atoms with van der Waals surface area (Å²) in [5.74, 6) is -0.0831. The van der Waals surface area contributed by atoms with Crippen LogP contribution in [-0.4, -0.2) is 22.6 Å². The van der Waals surface area contributed by atoms with Crippen LogP contribution >= 0.6 is 11.3 Å². The van der Waals surface area contributed by atoms with Crippen LogP contribution in [0.2, 0.25) is 0 Å². The predicted molar refractivity (Wildman–Crippen MR) is 90.7 cm³/mol. The molecule has 0 N–H and O–H groups in total. The van der Waals surface area contributed by atoms with Gasteiger partial charge in [0.2, 0.25) is 5.76 Å². The molecule has 1 amide bonds. The number of hydrogen-bond acceptors (Lipinski definition) is 5. The van der Waals surface area contributed by atoms with Crippen molar-refractivity contribution in [1.29, 1.82) is 0 Å². The monoisotopic (exact) mass is 325 g/mol. The number of aromatic nitrogens is 2. The third-order valence-electron chi connectivity index (χ3n) is 3.19. The second-order valence-corrected chi connectivity index (χ2v) is 5.75. The van der Waals surface area contributed by atoms with Crippen LogP contribution < -0.4 is 4.90 Å². The van der Waals surface area contributed by atoms with Crippen LogP contribution in [0, 0.1) is 6.92 Å². The number of anilines is 1. The molecule has 116 valence electrons. The molecule has 3 aromatic rings. The SMILES string of the molecule is C=CCN(C(=O)c1cc(C)no1)c1nc(-c2ccccc2)cs1. The van der Waals surface area contributed by atoms with Gasteiger partial charge >= 0.3 is 0 Å². The first-order valence-corrected chi connectivity index (χ1v) is 7.94. The van der Waals surface area contributed by atoms with Crippen molar-refractivity contribution in [2.75, 3.05) is 11.4 Å². The van der Waals surface area contributed by atoms with Gasteiger partial charge in [-0.15, -0.1) is 17.9 Å². The van der Waals surface area contributed by atoms with Crippen molar-refractivity contribution in [1.82, 2.24) is 10.1 Å². The maximum absolute atomic E-state index is 12.6. The molecular weight excluding hydrogens is 310 g/mol. The van der Waals surface area contributed by atoms with Crippen molar-refractivity contribution < 1.29 is 9.32 Å². The highest BCUT2D eigenvalue weighted by molar-refractivity contribution is 7.14. The summed E-state index contributed by atoms with van der Waals surface area (Å²) in [6.07, 6.45) is 1.66. The molecule has 2 heterocycles. The van der Waals surface area contributed by atoms with Gasteiger partial charge in [-0.1, -0.05) is 41.6 Å². The third kappa shape index (κ3) is 3.22. The van der Waals surface area contributed by atoms with Gasteiger partial charge in [0.15, 0.2) is 5.13 Å². The Morgan fingerprint density at radius 1 is 1.39 bits per heavy atom. The minimum Gasteiger partial charge on any atom is -0.351 e. The lowest BCUT2D eigenvalue weighted by Gasteiger charge is -2.15. The number of amides is 1. The third-order valence-corrected chi connectivity index (χ3v) is 4.05. The number of thiazole rings is 1. The zero-order valence-corrected chi connectivity index (χ0v) is 13.4. The second-order valence-electron chi connectivity index (χ2n) is 4.92. The first-order valence-electron chi connectivity index (χ1n) is 7.06. The first kappa shape index (κ1) is 15.2. The van der Waals surface area contributed by atoms with E-state index < -0.39 is 0 Å². The van der Waals surface area contributed by atoms with E-state index in [0.717, 1.165) is 11.3 Å². The molecule has 0 bridgehead atoms. The standard InChI is InChI=1S/C17H15N3O2S/c1-3-9-20(16(21)15-10-12(2)19-22-15)17-18-14(11-23-17)13-7-5-4-6-8-13/h3-8,10-11H,1,9H2,2H3. The summed E-state index contributed by atoms with van der Waals surface area (Å²) in [6, 6.07) is 11.5. The Balaban J connectivity index is 1.91. The fraction of sp³-hybridized carbons (Fsp3) is 0.118. The molecule has 0 fully saturated rings. The lowest BCUT2D eigenvalue weighted by atomic mass is 10.2. The molecule has 6 heteroatoms. The fourth-order valence-corrected chi connectivity index (χ4v) is 2.95. The van der Waals surface area contributed by atoms with Crippen LogP contribution in [0.15, 0.2) is 59.0 Å². The molecule has 0 saturated carbocycles. The van der Waals surface area contributed by atoms with Gasteiger partial charge in [0, 0.05) is 23.6 Å². The number of benzene rings is 1. The molecule has 3 rings (SSSR count). The Morgan fingerprint density at radius 2 is 2.17 bits per heavy atom. The number of carbonyl (C=O) groups excluding carboxylic acids is 1.